The second-order valence-electron chi connectivity index (χ2n) is 3.87. The summed E-state index contributed by atoms with van der Waals surface area (Å²) in [6, 6.07) is 3.06. The van der Waals surface area contributed by atoms with Crippen LogP contribution >= 0.6 is 15.9 Å². The Bertz CT molecular complexity index is 476. The van der Waals surface area contributed by atoms with Gasteiger partial charge in [0.15, 0.2) is 17.6 Å². The molecule has 0 aliphatic carbocycles. The summed E-state index contributed by atoms with van der Waals surface area (Å²) >= 11 is 3.25. The molecule has 2 N–H and O–H groups in total. The largest absolute Gasteiger partial charge is 0.493 e. The summed E-state index contributed by atoms with van der Waals surface area (Å²) in [5.41, 5.74) is 0.295. The Balaban J connectivity index is 3.09. The van der Waals surface area contributed by atoms with E-state index < -0.39 is 18.2 Å². The summed E-state index contributed by atoms with van der Waals surface area (Å²) in [7, 11) is 2.93. The Morgan fingerprint density at radius 2 is 1.80 bits per heavy atom. The number of aliphatic hydroxyl groups is 2. The van der Waals surface area contributed by atoms with E-state index >= 15 is 0 Å². The number of hydrogen-bond acceptors (Lipinski definition) is 6. The molecular weight excluding hydrogens is 332 g/mol. The molecule has 6 nitrogen and oxygen atoms in total. The first-order chi connectivity index (χ1) is 9.46. The summed E-state index contributed by atoms with van der Waals surface area (Å²) in [4.78, 5) is 11.4. The molecule has 0 spiro atoms. The van der Waals surface area contributed by atoms with Crippen LogP contribution in [0.1, 0.15) is 18.6 Å². The first-order valence-corrected chi connectivity index (χ1v) is 6.69. The van der Waals surface area contributed by atoms with Crippen LogP contribution in [-0.4, -0.2) is 43.1 Å². The van der Waals surface area contributed by atoms with Crippen LogP contribution in [-0.2, 0) is 9.53 Å². The van der Waals surface area contributed by atoms with E-state index in [1.165, 1.54) is 20.3 Å². The van der Waals surface area contributed by atoms with Gasteiger partial charge in [-0.15, -0.1) is 0 Å². The number of carbonyl (C=O) groups is 1. The van der Waals surface area contributed by atoms with Crippen molar-refractivity contribution in [2.24, 2.45) is 0 Å². The molecular formula is C13H17BrO6. The molecule has 0 aliphatic heterocycles. The van der Waals surface area contributed by atoms with Crippen LogP contribution in [0.4, 0.5) is 0 Å². The molecule has 2 atom stereocenters. The Labute approximate surface area is 125 Å². The first-order valence-electron chi connectivity index (χ1n) is 5.90. The Morgan fingerprint density at radius 3 is 2.30 bits per heavy atom. The monoisotopic (exact) mass is 348 g/mol. The Kier molecular flexibility index (Phi) is 6.25. The number of esters is 1. The normalized spacial score (nSPS) is 13.5. The third-order valence-electron chi connectivity index (χ3n) is 2.65. The van der Waals surface area contributed by atoms with Gasteiger partial charge < -0.3 is 24.4 Å². The molecule has 7 heteroatoms. The summed E-state index contributed by atoms with van der Waals surface area (Å²) in [6.45, 7) is 1.74. The van der Waals surface area contributed by atoms with Gasteiger partial charge in [0.1, 0.15) is 6.10 Å². The number of rotatable bonds is 6. The minimum Gasteiger partial charge on any atom is -0.493 e. The van der Waals surface area contributed by atoms with E-state index in [-0.39, 0.29) is 6.61 Å². The zero-order valence-corrected chi connectivity index (χ0v) is 13.0. The predicted molar refractivity (Wildman–Crippen MR) is 74.8 cm³/mol. The molecule has 1 aromatic carbocycles. The van der Waals surface area contributed by atoms with Gasteiger partial charge in [-0.2, -0.15) is 0 Å². The van der Waals surface area contributed by atoms with Crippen LogP contribution in [0.15, 0.2) is 16.6 Å². The standard InChI is InChI=1S/C13H17BrO6/c1-4-20-13(17)12(16)11(15)7-5-9(18-2)10(19-3)6-8(7)14/h5-6,11-12,15-16H,4H2,1-3H3. The second-order valence-corrected chi connectivity index (χ2v) is 4.72. The van der Waals surface area contributed by atoms with Crippen molar-refractivity contribution in [2.45, 2.75) is 19.1 Å². The molecule has 0 aromatic heterocycles. The summed E-state index contributed by atoms with van der Waals surface area (Å²) in [6.07, 6.45) is -3.12. The van der Waals surface area contributed by atoms with Crippen LogP contribution in [0, 0.1) is 0 Å². The SMILES string of the molecule is CCOC(=O)C(O)C(O)c1cc(OC)c(OC)cc1Br. The zero-order valence-electron chi connectivity index (χ0n) is 11.4. The van der Waals surface area contributed by atoms with Gasteiger partial charge in [-0.05, 0) is 19.1 Å². The van der Waals surface area contributed by atoms with Crippen LogP contribution < -0.4 is 9.47 Å². The second kappa shape index (κ2) is 7.47. The maximum Gasteiger partial charge on any atom is 0.338 e. The van der Waals surface area contributed by atoms with Gasteiger partial charge in [0.05, 0.1) is 20.8 Å². The molecule has 0 fully saturated rings. The molecule has 0 amide bonds. The predicted octanol–water partition coefficient (Wildman–Crippen LogP) is 1.42. The summed E-state index contributed by atoms with van der Waals surface area (Å²) in [5, 5.41) is 19.8. The zero-order chi connectivity index (χ0) is 15.3. The molecule has 1 aromatic rings. The smallest absolute Gasteiger partial charge is 0.338 e. The van der Waals surface area contributed by atoms with Gasteiger partial charge >= 0.3 is 5.97 Å². The lowest BCUT2D eigenvalue weighted by molar-refractivity contribution is -0.159. The average Bonchev–Trinajstić information content (AvgIpc) is 2.45. The molecule has 0 radical (unpaired) electrons. The van der Waals surface area contributed by atoms with E-state index in [1.807, 2.05) is 0 Å². The lowest BCUT2D eigenvalue weighted by atomic mass is 10.0. The number of halogens is 1. The van der Waals surface area contributed by atoms with Gasteiger partial charge in [-0.25, -0.2) is 4.79 Å². The van der Waals surface area contributed by atoms with Gasteiger partial charge in [0, 0.05) is 10.0 Å². The fraction of sp³-hybridized carbons (Fsp3) is 0.462. The van der Waals surface area contributed by atoms with Crippen molar-refractivity contribution in [3.05, 3.63) is 22.2 Å². The Morgan fingerprint density at radius 1 is 1.25 bits per heavy atom. The number of ether oxygens (including phenoxy) is 3. The van der Waals surface area contributed by atoms with Gasteiger partial charge in [-0.1, -0.05) is 15.9 Å². The number of carbonyl (C=O) groups excluding carboxylic acids is 1. The third kappa shape index (κ3) is 3.62. The fourth-order valence-electron chi connectivity index (χ4n) is 1.62. The van der Waals surface area contributed by atoms with Gasteiger partial charge in [0.25, 0.3) is 0 Å². The van der Waals surface area contributed by atoms with Crippen molar-refractivity contribution in [1.29, 1.82) is 0 Å². The first kappa shape index (κ1) is 16.7. The van der Waals surface area contributed by atoms with Crippen molar-refractivity contribution in [2.75, 3.05) is 20.8 Å². The molecule has 0 heterocycles. The third-order valence-corrected chi connectivity index (χ3v) is 3.34. The van der Waals surface area contributed by atoms with E-state index in [1.54, 1.807) is 13.0 Å². The number of hydrogen-bond donors (Lipinski definition) is 2. The highest BCUT2D eigenvalue weighted by atomic mass is 79.9. The highest BCUT2D eigenvalue weighted by Crippen LogP contribution is 2.37. The fourth-order valence-corrected chi connectivity index (χ4v) is 2.18. The lowest BCUT2D eigenvalue weighted by Gasteiger charge is -2.19. The summed E-state index contributed by atoms with van der Waals surface area (Å²) in [5.74, 6) is -0.0524. The lowest BCUT2D eigenvalue weighted by Crippen LogP contribution is -2.30. The molecule has 1 rings (SSSR count). The van der Waals surface area contributed by atoms with E-state index in [2.05, 4.69) is 20.7 Å². The van der Waals surface area contributed by atoms with E-state index in [0.29, 0.717) is 21.5 Å². The van der Waals surface area contributed by atoms with E-state index in [9.17, 15) is 15.0 Å². The Hall–Kier alpha value is -1.31. The molecule has 0 saturated heterocycles. The topological polar surface area (TPSA) is 85.2 Å². The summed E-state index contributed by atoms with van der Waals surface area (Å²) < 4.78 is 15.4. The van der Waals surface area contributed by atoms with Crippen molar-refractivity contribution >= 4 is 21.9 Å². The number of methoxy groups -OCH3 is 2. The number of benzene rings is 1. The maximum absolute atomic E-state index is 11.4. The minimum absolute atomic E-state index is 0.121. The quantitative estimate of drug-likeness (QED) is 0.756. The molecule has 112 valence electrons. The van der Waals surface area contributed by atoms with Crippen LogP contribution in [0.5, 0.6) is 11.5 Å². The molecule has 0 aliphatic rings. The van der Waals surface area contributed by atoms with Gasteiger partial charge in [-0.3, -0.25) is 0 Å². The maximum atomic E-state index is 11.4. The molecule has 0 bridgehead atoms. The average molecular weight is 349 g/mol. The van der Waals surface area contributed by atoms with Crippen molar-refractivity contribution in [1.82, 2.24) is 0 Å². The van der Waals surface area contributed by atoms with E-state index in [4.69, 9.17) is 9.47 Å². The number of aliphatic hydroxyl groups excluding tert-OH is 2. The van der Waals surface area contributed by atoms with Crippen LogP contribution in [0.25, 0.3) is 0 Å². The highest BCUT2D eigenvalue weighted by Gasteiger charge is 2.29. The van der Waals surface area contributed by atoms with E-state index in [0.717, 1.165) is 0 Å². The highest BCUT2D eigenvalue weighted by molar-refractivity contribution is 9.10. The molecule has 2 unspecified atom stereocenters. The molecule has 0 saturated carbocycles. The van der Waals surface area contributed by atoms with Crippen LogP contribution in [0.2, 0.25) is 0 Å². The minimum atomic E-state index is -1.68. The van der Waals surface area contributed by atoms with Crippen molar-refractivity contribution < 1.29 is 29.2 Å². The molecule has 20 heavy (non-hydrogen) atoms. The van der Waals surface area contributed by atoms with Crippen LogP contribution in [0.3, 0.4) is 0 Å². The van der Waals surface area contributed by atoms with Crippen molar-refractivity contribution in [3.63, 3.8) is 0 Å². The van der Waals surface area contributed by atoms with Crippen molar-refractivity contribution in [3.8, 4) is 11.5 Å². The van der Waals surface area contributed by atoms with Gasteiger partial charge in [0.2, 0.25) is 0 Å².